The Labute approximate surface area is 139 Å². The van der Waals surface area contributed by atoms with E-state index in [1.54, 1.807) is 7.11 Å². The third-order valence-electron chi connectivity index (χ3n) is 4.76. The van der Waals surface area contributed by atoms with Crippen molar-refractivity contribution in [2.24, 2.45) is 11.8 Å². The Morgan fingerprint density at radius 3 is 2.65 bits per heavy atom. The largest absolute Gasteiger partial charge is 0.466 e. The summed E-state index contributed by atoms with van der Waals surface area (Å²) in [7, 11) is 1.73. The Morgan fingerprint density at radius 1 is 1.26 bits per heavy atom. The first-order chi connectivity index (χ1) is 11.2. The maximum atomic E-state index is 11.9. The molecular formula is C19H29NO3. The van der Waals surface area contributed by atoms with Gasteiger partial charge in [-0.15, -0.1) is 0 Å². The number of carbonyl (C=O) groups is 1. The molecule has 4 heteroatoms. The van der Waals surface area contributed by atoms with Crippen LogP contribution < -0.4 is 5.32 Å². The number of esters is 1. The molecule has 1 aromatic rings. The lowest BCUT2D eigenvalue weighted by Crippen LogP contribution is -2.41. The van der Waals surface area contributed by atoms with Crippen LogP contribution in [0.25, 0.3) is 0 Å². The summed E-state index contributed by atoms with van der Waals surface area (Å²) < 4.78 is 10.4. The monoisotopic (exact) mass is 319 g/mol. The molecule has 0 aliphatic heterocycles. The number of carbonyl (C=O) groups excluding carboxylic acids is 1. The van der Waals surface area contributed by atoms with Gasteiger partial charge in [-0.05, 0) is 43.2 Å². The summed E-state index contributed by atoms with van der Waals surface area (Å²) in [5.41, 5.74) is 2.52. The molecule has 0 saturated heterocycles. The predicted molar refractivity (Wildman–Crippen MR) is 90.9 cm³/mol. The molecule has 3 atom stereocenters. The van der Waals surface area contributed by atoms with Crippen molar-refractivity contribution in [3.05, 3.63) is 35.4 Å². The van der Waals surface area contributed by atoms with Crippen LogP contribution in [0.15, 0.2) is 24.3 Å². The lowest BCUT2D eigenvalue weighted by atomic mass is 9.79. The van der Waals surface area contributed by atoms with Gasteiger partial charge in [0.1, 0.15) is 0 Å². The smallest absolute Gasteiger partial charge is 0.308 e. The van der Waals surface area contributed by atoms with Crippen molar-refractivity contribution in [1.82, 2.24) is 5.32 Å². The van der Waals surface area contributed by atoms with Crippen molar-refractivity contribution in [2.45, 2.75) is 52.3 Å². The van der Waals surface area contributed by atoms with E-state index in [0.29, 0.717) is 25.2 Å². The summed E-state index contributed by atoms with van der Waals surface area (Å²) in [5, 5.41) is 3.67. The molecule has 0 heterocycles. The fourth-order valence-corrected chi connectivity index (χ4v) is 3.44. The van der Waals surface area contributed by atoms with E-state index in [4.69, 9.17) is 9.47 Å². The molecule has 23 heavy (non-hydrogen) atoms. The Balaban J connectivity index is 1.87. The van der Waals surface area contributed by atoms with Gasteiger partial charge >= 0.3 is 5.97 Å². The highest BCUT2D eigenvalue weighted by atomic mass is 16.5. The highest BCUT2D eigenvalue weighted by molar-refractivity contribution is 5.72. The molecule has 0 spiro atoms. The summed E-state index contributed by atoms with van der Waals surface area (Å²) in [6, 6.07) is 8.83. The van der Waals surface area contributed by atoms with E-state index < -0.39 is 0 Å². The molecule has 0 bridgehead atoms. The van der Waals surface area contributed by atoms with E-state index in [-0.39, 0.29) is 11.9 Å². The maximum Gasteiger partial charge on any atom is 0.308 e. The third kappa shape index (κ3) is 5.05. The first kappa shape index (κ1) is 18.0. The van der Waals surface area contributed by atoms with E-state index >= 15 is 0 Å². The minimum absolute atomic E-state index is 0.0248. The van der Waals surface area contributed by atoms with Gasteiger partial charge in [-0.25, -0.2) is 0 Å². The molecule has 1 saturated carbocycles. The van der Waals surface area contributed by atoms with Crippen LogP contribution in [0.3, 0.4) is 0 Å². The quantitative estimate of drug-likeness (QED) is 0.784. The van der Waals surface area contributed by atoms with Crippen LogP contribution in [-0.2, 0) is 27.4 Å². The van der Waals surface area contributed by atoms with Crippen LogP contribution in [0, 0.1) is 11.8 Å². The second kappa shape index (κ2) is 9.04. The fraction of sp³-hybridized carbons (Fsp3) is 0.632. The molecule has 128 valence electrons. The van der Waals surface area contributed by atoms with Gasteiger partial charge in [-0.3, -0.25) is 4.79 Å². The maximum absolute atomic E-state index is 11.9. The van der Waals surface area contributed by atoms with Crippen LogP contribution >= 0.6 is 0 Å². The van der Waals surface area contributed by atoms with Crippen LogP contribution in [0.5, 0.6) is 0 Å². The van der Waals surface area contributed by atoms with E-state index in [1.807, 2.05) is 13.0 Å². The van der Waals surface area contributed by atoms with Crippen molar-refractivity contribution in [1.29, 1.82) is 0 Å². The Kier molecular flexibility index (Phi) is 7.06. The Bertz CT molecular complexity index is 503. The number of benzene rings is 1. The predicted octanol–water partition coefficient (Wildman–Crippen LogP) is 3.29. The van der Waals surface area contributed by atoms with Gasteiger partial charge in [-0.1, -0.05) is 31.2 Å². The van der Waals surface area contributed by atoms with Crippen molar-refractivity contribution in [3.63, 3.8) is 0 Å². The third-order valence-corrected chi connectivity index (χ3v) is 4.76. The molecule has 1 aromatic carbocycles. The minimum atomic E-state index is -0.0248. The van der Waals surface area contributed by atoms with Crippen LogP contribution in [0.1, 0.15) is 44.2 Å². The van der Waals surface area contributed by atoms with Gasteiger partial charge in [0, 0.05) is 19.7 Å². The van der Waals surface area contributed by atoms with E-state index in [0.717, 1.165) is 25.8 Å². The summed E-state index contributed by atoms with van der Waals surface area (Å²) in [4.78, 5) is 11.9. The SMILES string of the molecule is CCOC(=O)[C@@H]1CC[C@@H](NCc2ccccc2COC)[C@H](C)C1. The highest BCUT2D eigenvalue weighted by Gasteiger charge is 2.31. The normalized spacial score (nSPS) is 24.4. The molecule has 4 nitrogen and oxygen atoms in total. The molecule has 1 aliphatic rings. The second-order valence-corrected chi connectivity index (χ2v) is 6.43. The standard InChI is InChI=1S/C19H29NO3/c1-4-23-19(21)15-9-10-18(14(2)11-15)20-12-16-7-5-6-8-17(16)13-22-3/h5-8,14-15,18,20H,4,9-13H2,1-3H3/t14-,15-,18-/m1/s1. The fourth-order valence-electron chi connectivity index (χ4n) is 3.44. The van der Waals surface area contributed by atoms with Gasteiger partial charge in [0.15, 0.2) is 0 Å². The number of hydrogen-bond acceptors (Lipinski definition) is 4. The van der Waals surface area contributed by atoms with Crippen molar-refractivity contribution in [2.75, 3.05) is 13.7 Å². The molecule has 0 radical (unpaired) electrons. The van der Waals surface area contributed by atoms with Gasteiger partial charge in [0.2, 0.25) is 0 Å². The average Bonchev–Trinajstić information content (AvgIpc) is 2.55. The van der Waals surface area contributed by atoms with E-state index in [1.165, 1.54) is 11.1 Å². The summed E-state index contributed by atoms with van der Waals surface area (Å²) >= 11 is 0. The first-order valence-electron chi connectivity index (χ1n) is 8.61. The van der Waals surface area contributed by atoms with Gasteiger partial charge < -0.3 is 14.8 Å². The first-order valence-corrected chi connectivity index (χ1v) is 8.61. The number of methoxy groups -OCH3 is 1. The molecule has 0 unspecified atom stereocenters. The van der Waals surface area contributed by atoms with E-state index in [2.05, 4.69) is 30.4 Å². The second-order valence-electron chi connectivity index (χ2n) is 6.43. The molecule has 1 aliphatic carbocycles. The van der Waals surface area contributed by atoms with Crippen LogP contribution in [0.2, 0.25) is 0 Å². The molecular weight excluding hydrogens is 290 g/mol. The summed E-state index contributed by atoms with van der Waals surface area (Å²) in [6.45, 7) is 6.05. The minimum Gasteiger partial charge on any atom is -0.466 e. The molecule has 1 N–H and O–H groups in total. The zero-order valence-electron chi connectivity index (χ0n) is 14.5. The number of nitrogens with one attached hydrogen (secondary N) is 1. The van der Waals surface area contributed by atoms with Crippen molar-refractivity contribution < 1.29 is 14.3 Å². The van der Waals surface area contributed by atoms with Gasteiger partial charge in [-0.2, -0.15) is 0 Å². The number of hydrogen-bond donors (Lipinski definition) is 1. The van der Waals surface area contributed by atoms with Crippen LogP contribution in [-0.4, -0.2) is 25.7 Å². The van der Waals surface area contributed by atoms with Crippen LogP contribution in [0.4, 0.5) is 0 Å². The zero-order chi connectivity index (χ0) is 16.7. The molecule has 2 rings (SSSR count). The number of rotatable bonds is 7. The Morgan fingerprint density at radius 2 is 2.00 bits per heavy atom. The summed E-state index contributed by atoms with van der Waals surface area (Å²) in [6.07, 6.45) is 2.86. The molecule has 0 amide bonds. The zero-order valence-corrected chi connectivity index (χ0v) is 14.5. The average molecular weight is 319 g/mol. The summed E-state index contributed by atoms with van der Waals surface area (Å²) in [5.74, 6) is 0.528. The van der Waals surface area contributed by atoms with Crippen molar-refractivity contribution >= 4 is 5.97 Å². The van der Waals surface area contributed by atoms with Crippen molar-refractivity contribution in [3.8, 4) is 0 Å². The molecule has 0 aromatic heterocycles. The van der Waals surface area contributed by atoms with Gasteiger partial charge in [0.05, 0.1) is 19.1 Å². The Hall–Kier alpha value is -1.39. The number of ether oxygens (including phenoxy) is 2. The molecule has 1 fully saturated rings. The highest BCUT2D eigenvalue weighted by Crippen LogP contribution is 2.30. The topological polar surface area (TPSA) is 47.6 Å². The lowest BCUT2D eigenvalue weighted by Gasteiger charge is -2.34. The lowest BCUT2D eigenvalue weighted by molar-refractivity contribution is -0.149. The van der Waals surface area contributed by atoms with Gasteiger partial charge in [0.25, 0.3) is 0 Å². The van der Waals surface area contributed by atoms with E-state index in [9.17, 15) is 4.79 Å².